The van der Waals surface area contributed by atoms with Crippen molar-refractivity contribution in [3.8, 4) is 5.69 Å². The quantitative estimate of drug-likeness (QED) is 0.728. The molecule has 0 saturated heterocycles. The number of aryl methyl sites for hydroxylation is 2. The van der Waals surface area contributed by atoms with Gasteiger partial charge in [-0.1, -0.05) is 23.7 Å². The van der Waals surface area contributed by atoms with Crippen molar-refractivity contribution in [2.75, 3.05) is 0 Å². The summed E-state index contributed by atoms with van der Waals surface area (Å²) in [6.07, 6.45) is 0. The molecule has 0 bridgehead atoms. The van der Waals surface area contributed by atoms with Crippen molar-refractivity contribution < 1.29 is 0 Å². The Kier molecular flexibility index (Phi) is 2.95. The van der Waals surface area contributed by atoms with E-state index in [2.05, 4.69) is 17.0 Å². The summed E-state index contributed by atoms with van der Waals surface area (Å²) < 4.78 is 4.50. The summed E-state index contributed by atoms with van der Waals surface area (Å²) in [4.78, 5) is 3.21. The Morgan fingerprint density at radius 3 is 2.79 bits per heavy atom. The first-order chi connectivity index (χ1) is 9.13. The molecule has 3 aromatic rings. The number of fused-ring (bicyclic) bond motifs is 1. The third kappa shape index (κ3) is 1.81. The van der Waals surface area contributed by atoms with Gasteiger partial charge in [0, 0.05) is 6.54 Å². The summed E-state index contributed by atoms with van der Waals surface area (Å²) in [6.45, 7) is 4.80. The standard InChI is InChI=1S/C13H13ClN4S/c1-3-17-12-11(8(2)16-17)15-13(19)18(12)10-7-5-4-6-9(10)14/h4-7H,3H2,1-2H3,(H,15,19). The Morgan fingerprint density at radius 1 is 1.37 bits per heavy atom. The molecule has 0 radical (unpaired) electrons. The number of aromatic nitrogens is 4. The van der Waals surface area contributed by atoms with Crippen molar-refractivity contribution in [2.24, 2.45) is 0 Å². The van der Waals surface area contributed by atoms with Gasteiger partial charge in [0.15, 0.2) is 10.4 Å². The highest BCUT2D eigenvalue weighted by molar-refractivity contribution is 7.71. The number of hydrogen-bond donors (Lipinski definition) is 1. The zero-order valence-corrected chi connectivity index (χ0v) is 12.2. The fourth-order valence-electron chi connectivity index (χ4n) is 2.28. The second-order valence-electron chi connectivity index (χ2n) is 4.32. The number of rotatable bonds is 2. The van der Waals surface area contributed by atoms with E-state index in [4.69, 9.17) is 23.8 Å². The van der Waals surface area contributed by atoms with E-state index in [9.17, 15) is 0 Å². The number of imidazole rings is 1. The van der Waals surface area contributed by atoms with Gasteiger partial charge < -0.3 is 4.98 Å². The summed E-state index contributed by atoms with van der Waals surface area (Å²) in [6, 6.07) is 7.66. The summed E-state index contributed by atoms with van der Waals surface area (Å²) in [7, 11) is 0. The smallest absolute Gasteiger partial charge is 0.184 e. The minimum Gasteiger partial charge on any atom is -0.327 e. The third-order valence-electron chi connectivity index (χ3n) is 3.14. The van der Waals surface area contributed by atoms with Crippen LogP contribution in [0.25, 0.3) is 16.9 Å². The van der Waals surface area contributed by atoms with Crippen molar-refractivity contribution in [3.63, 3.8) is 0 Å². The molecular weight excluding hydrogens is 280 g/mol. The van der Waals surface area contributed by atoms with Crippen LogP contribution in [0.4, 0.5) is 0 Å². The molecule has 0 aliphatic rings. The van der Waals surface area contributed by atoms with Gasteiger partial charge in [-0.3, -0.25) is 4.57 Å². The second kappa shape index (κ2) is 4.51. The van der Waals surface area contributed by atoms with Crippen LogP contribution in [0.15, 0.2) is 24.3 Å². The predicted molar refractivity (Wildman–Crippen MR) is 79.7 cm³/mol. The molecule has 1 aromatic carbocycles. The first-order valence-electron chi connectivity index (χ1n) is 6.06. The summed E-state index contributed by atoms with van der Waals surface area (Å²) >= 11 is 11.7. The highest BCUT2D eigenvalue weighted by Crippen LogP contribution is 2.26. The zero-order valence-electron chi connectivity index (χ0n) is 10.6. The van der Waals surface area contributed by atoms with Crippen LogP contribution >= 0.6 is 23.8 Å². The fourth-order valence-corrected chi connectivity index (χ4v) is 2.79. The van der Waals surface area contributed by atoms with E-state index in [0.717, 1.165) is 29.1 Å². The first-order valence-corrected chi connectivity index (χ1v) is 6.85. The van der Waals surface area contributed by atoms with Crippen LogP contribution < -0.4 is 0 Å². The van der Waals surface area contributed by atoms with E-state index in [1.165, 1.54) is 0 Å². The lowest BCUT2D eigenvalue weighted by molar-refractivity contribution is 0.662. The molecular formula is C13H13ClN4S. The van der Waals surface area contributed by atoms with Gasteiger partial charge in [-0.2, -0.15) is 5.10 Å². The molecule has 0 fully saturated rings. The van der Waals surface area contributed by atoms with E-state index in [1.54, 1.807) is 0 Å². The van der Waals surface area contributed by atoms with Gasteiger partial charge in [0.05, 0.1) is 16.4 Å². The minimum atomic E-state index is 0.630. The van der Waals surface area contributed by atoms with Gasteiger partial charge in [-0.15, -0.1) is 0 Å². The highest BCUT2D eigenvalue weighted by atomic mass is 35.5. The monoisotopic (exact) mass is 292 g/mol. The van der Waals surface area contributed by atoms with Gasteiger partial charge >= 0.3 is 0 Å². The maximum Gasteiger partial charge on any atom is 0.184 e. The molecule has 0 saturated carbocycles. The number of para-hydroxylation sites is 1. The Labute approximate surface area is 120 Å². The molecule has 0 atom stereocenters. The average Bonchev–Trinajstić information content (AvgIpc) is 2.88. The number of nitrogens with one attached hydrogen (secondary N) is 1. The van der Waals surface area contributed by atoms with Crippen LogP contribution in [-0.4, -0.2) is 19.3 Å². The van der Waals surface area contributed by atoms with Crippen molar-refractivity contribution in [1.29, 1.82) is 0 Å². The molecule has 6 heteroatoms. The number of nitrogens with zero attached hydrogens (tertiary/aromatic N) is 3. The average molecular weight is 293 g/mol. The number of hydrogen-bond acceptors (Lipinski definition) is 2. The Hall–Kier alpha value is -1.59. The maximum atomic E-state index is 6.28. The van der Waals surface area contributed by atoms with E-state index in [1.807, 2.05) is 40.4 Å². The minimum absolute atomic E-state index is 0.630. The van der Waals surface area contributed by atoms with Crippen molar-refractivity contribution in [1.82, 2.24) is 19.3 Å². The summed E-state index contributed by atoms with van der Waals surface area (Å²) in [5.74, 6) is 0. The van der Waals surface area contributed by atoms with E-state index in [0.29, 0.717) is 9.79 Å². The van der Waals surface area contributed by atoms with E-state index in [-0.39, 0.29) is 0 Å². The first kappa shape index (κ1) is 12.4. The van der Waals surface area contributed by atoms with Crippen LogP contribution in [0.3, 0.4) is 0 Å². The molecule has 4 nitrogen and oxygen atoms in total. The summed E-state index contributed by atoms with van der Waals surface area (Å²) in [5.41, 5.74) is 3.73. The Balaban J connectivity index is 2.44. The number of halogens is 1. The van der Waals surface area contributed by atoms with Gasteiger partial charge in [0.25, 0.3) is 0 Å². The Bertz CT molecular complexity index is 812. The van der Waals surface area contributed by atoms with Crippen LogP contribution in [0, 0.1) is 11.7 Å². The molecule has 0 aliphatic carbocycles. The largest absolute Gasteiger partial charge is 0.327 e. The zero-order chi connectivity index (χ0) is 13.6. The summed E-state index contributed by atoms with van der Waals surface area (Å²) in [5, 5.41) is 5.17. The van der Waals surface area contributed by atoms with Crippen molar-refractivity contribution in [2.45, 2.75) is 20.4 Å². The molecule has 98 valence electrons. The highest BCUT2D eigenvalue weighted by Gasteiger charge is 2.16. The molecule has 2 aromatic heterocycles. The van der Waals surface area contributed by atoms with Crippen molar-refractivity contribution in [3.05, 3.63) is 39.8 Å². The second-order valence-corrected chi connectivity index (χ2v) is 5.11. The van der Waals surface area contributed by atoms with Crippen molar-refractivity contribution >= 4 is 35.0 Å². The van der Waals surface area contributed by atoms with Gasteiger partial charge in [0.1, 0.15) is 5.52 Å². The van der Waals surface area contributed by atoms with Crippen LogP contribution in [0.2, 0.25) is 5.02 Å². The molecule has 0 unspecified atom stereocenters. The Morgan fingerprint density at radius 2 is 2.11 bits per heavy atom. The number of aromatic amines is 1. The number of benzene rings is 1. The normalized spacial score (nSPS) is 11.3. The fraction of sp³-hybridized carbons (Fsp3) is 0.231. The van der Waals surface area contributed by atoms with Crippen LogP contribution in [-0.2, 0) is 6.54 Å². The molecule has 0 amide bonds. The molecule has 2 heterocycles. The third-order valence-corrected chi connectivity index (χ3v) is 3.74. The molecule has 19 heavy (non-hydrogen) atoms. The van der Waals surface area contributed by atoms with E-state index < -0.39 is 0 Å². The topological polar surface area (TPSA) is 38.5 Å². The molecule has 0 aliphatic heterocycles. The van der Waals surface area contributed by atoms with Crippen LogP contribution in [0.5, 0.6) is 0 Å². The number of H-pyrrole nitrogens is 1. The van der Waals surface area contributed by atoms with Gasteiger partial charge in [0.2, 0.25) is 0 Å². The lowest BCUT2D eigenvalue weighted by atomic mass is 10.3. The van der Waals surface area contributed by atoms with Gasteiger partial charge in [-0.25, -0.2) is 4.68 Å². The van der Waals surface area contributed by atoms with E-state index >= 15 is 0 Å². The van der Waals surface area contributed by atoms with Crippen LogP contribution in [0.1, 0.15) is 12.6 Å². The van der Waals surface area contributed by atoms with Gasteiger partial charge in [-0.05, 0) is 38.2 Å². The predicted octanol–water partition coefficient (Wildman–Crippen LogP) is 3.87. The molecule has 0 spiro atoms. The lowest BCUT2D eigenvalue weighted by Crippen LogP contribution is -2.04. The molecule has 1 N–H and O–H groups in total. The maximum absolute atomic E-state index is 6.28. The molecule has 3 rings (SSSR count). The lowest BCUT2D eigenvalue weighted by Gasteiger charge is -2.07. The SMILES string of the molecule is CCn1nc(C)c2[nH]c(=S)n(-c3ccccc3Cl)c21.